The highest BCUT2D eigenvalue weighted by atomic mass is 35.5. The standard InChI is InChI=1S/C48H49ClN6O6/c1-47(2)45(48(3,4)46(47)61-33-11-13-38(50-5)37(49)26-33)54-27-30-9-8-29(24-35(30)42(54)58)7-6-28-16-20-52(21-17-28)31-18-22-53(23-19-31)32-10-12-34-36(25-32)44(60)55(43(34)59)39-14-15-40(56)51-41(39)57/h8-13,24-26,28,31,39,45-46H,14-23,27H2,1-4H3,(H,51,56,57). The van der Waals surface area contributed by atoms with Gasteiger partial charge >= 0.3 is 0 Å². The van der Waals surface area contributed by atoms with Crippen LogP contribution in [0.4, 0.5) is 11.4 Å². The predicted octanol–water partition coefficient (Wildman–Crippen LogP) is 6.86. The van der Waals surface area contributed by atoms with Gasteiger partial charge in [-0.05, 0) is 93.2 Å². The van der Waals surface area contributed by atoms with Crippen molar-refractivity contribution in [3.63, 3.8) is 0 Å². The van der Waals surface area contributed by atoms with E-state index in [-0.39, 0.29) is 47.6 Å². The molecule has 0 radical (unpaired) electrons. The minimum absolute atomic E-state index is 0.0308. The number of benzene rings is 3. The molecule has 1 atom stereocenters. The highest BCUT2D eigenvalue weighted by Crippen LogP contribution is 2.59. The van der Waals surface area contributed by atoms with Crippen molar-refractivity contribution < 1.29 is 28.7 Å². The number of hydrogen-bond donors (Lipinski definition) is 1. The van der Waals surface area contributed by atoms with Crippen LogP contribution in [0.25, 0.3) is 4.85 Å². The maximum atomic E-state index is 14.0. The number of amides is 5. The number of anilines is 1. The van der Waals surface area contributed by atoms with Crippen molar-refractivity contribution in [3.8, 4) is 17.6 Å². The number of piperidine rings is 3. The Morgan fingerprint density at radius 3 is 2.21 bits per heavy atom. The molecule has 5 aliphatic heterocycles. The number of imide groups is 2. The predicted molar refractivity (Wildman–Crippen MR) is 229 cm³/mol. The number of nitrogens with one attached hydrogen (secondary N) is 1. The van der Waals surface area contributed by atoms with E-state index in [2.05, 4.69) is 65.6 Å². The Balaban J connectivity index is 0.771. The zero-order chi connectivity index (χ0) is 43.0. The van der Waals surface area contributed by atoms with Crippen LogP contribution in [0.5, 0.6) is 5.75 Å². The molecular weight excluding hydrogens is 792 g/mol. The molecule has 3 aromatic carbocycles. The Hall–Kier alpha value is -5.69. The third-order valence-corrected chi connectivity index (χ3v) is 14.3. The van der Waals surface area contributed by atoms with Crippen LogP contribution in [0.2, 0.25) is 5.02 Å². The molecule has 61 heavy (non-hydrogen) atoms. The summed E-state index contributed by atoms with van der Waals surface area (Å²) in [5.41, 5.74) is 3.81. The number of rotatable bonds is 6. The fourth-order valence-electron chi connectivity index (χ4n) is 11.4. The third-order valence-electron chi connectivity index (χ3n) is 14.0. The van der Waals surface area contributed by atoms with Crippen molar-refractivity contribution in [3.05, 3.63) is 98.9 Å². The lowest BCUT2D eigenvalue weighted by atomic mass is 9.49. The Kier molecular flexibility index (Phi) is 10.2. The molecule has 5 amide bonds. The van der Waals surface area contributed by atoms with Crippen LogP contribution in [0.15, 0.2) is 54.6 Å². The van der Waals surface area contributed by atoms with Gasteiger partial charge < -0.3 is 19.4 Å². The van der Waals surface area contributed by atoms with E-state index in [1.54, 1.807) is 30.3 Å². The number of carbonyl (C=O) groups is 5. The quantitative estimate of drug-likeness (QED) is 0.162. The lowest BCUT2D eigenvalue weighted by Crippen LogP contribution is -2.74. The van der Waals surface area contributed by atoms with E-state index in [9.17, 15) is 24.0 Å². The molecule has 5 heterocycles. The molecule has 4 fully saturated rings. The van der Waals surface area contributed by atoms with E-state index in [1.165, 1.54) is 0 Å². The van der Waals surface area contributed by atoms with Crippen molar-refractivity contribution in [1.82, 2.24) is 20.0 Å². The summed E-state index contributed by atoms with van der Waals surface area (Å²) in [6, 6.07) is 16.0. The monoisotopic (exact) mass is 840 g/mol. The molecule has 3 aromatic rings. The maximum Gasteiger partial charge on any atom is 0.262 e. The Bertz CT molecular complexity index is 2470. The van der Waals surface area contributed by atoms with Crippen LogP contribution in [-0.2, 0) is 16.1 Å². The topological polar surface area (TPSA) is 124 Å². The molecule has 1 unspecified atom stereocenters. The first kappa shape index (κ1) is 40.7. The molecule has 6 aliphatic rings. The van der Waals surface area contributed by atoms with Crippen molar-refractivity contribution in [2.45, 2.75) is 97.0 Å². The van der Waals surface area contributed by atoms with E-state index in [0.717, 1.165) is 79.1 Å². The number of fused-ring (bicyclic) bond motifs is 2. The average Bonchev–Trinajstić information content (AvgIpc) is 3.69. The molecule has 13 heteroatoms. The molecule has 1 saturated carbocycles. The summed E-state index contributed by atoms with van der Waals surface area (Å²) in [5.74, 6) is 5.89. The van der Waals surface area contributed by atoms with Crippen molar-refractivity contribution in [2.75, 3.05) is 31.1 Å². The van der Waals surface area contributed by atoms with E-state index in [0.29, 0.717) is 40.2 Å². The summed E-state index contributed by atoms with van der Waals surface area (Å²) in [4.78, 5) is 76.0. The summed E-state index contributed by atoms with van der Waals surface area (Å²) in [6.07, 6.45) is 4.00. The highest BCUT2D eigenvalue weighted by molar-refractivity contribution is 6.33. The summed E-state index contributed by atoms with van der Waals surface area (Å²) in [6.45, 7) is 20.0. The highest BCUT2D eigenvalue weighted by Gasteiger charge is 2.67. The van der Waals surface area contributed by atoms with Gasteiger partial charge in [-0.1, -0.05) is 63.3 Å². The van der Waals surface area contributed by atoms with Gasteiger partial charge in [0.15, 0.2) is 0 Å². The van der Waals surface area contributed by atoms with Gasteiger partial charge in [0.05, 0.1) is 22.7 Å². The summed E-state index contributed by atoms with van der Waals surface area (Å²) >= 11 is 6.31. The van der Waals surface area contributed by atoms with Crippen LogP contribution >= 0.6 is 11.6 Å². The lowest BCUT2D eigenvalue weighted by molar-refractivity contribution is -0.199. The van der Waals surface area contributed by atoms with Crippen LogP contribution < -0.4 is 15.0 Å². The number of carbonyl (C=O) groups excluding carboxylic acids is 5. The zero-order valence-electron chi connectivity index (χ0n) is 34.9. The fraction of sp³-hybridized carbons (Fsp3) is 0.458. The first-order valence-corrected chi connectivity index (χ1v) is 21.7. The van der Waals surface area contributed by atoms with Crippen molar-refractivity contribution in [2.24, 2.45) is 16.7 Å². The largest absolute Gasteiger partial charge is 0.489 e. The molecule has 3 saturated heterocycles. The second-order valence-electron chi connectivity index (χ2n) is 18.5. The van der Waals surface area contributed by atoms with Gasteiger partial charge in [0.1, 0.15) is 17.9 Å². The average molecular weight is 841 g/mol. The Morgan fingerprint density at radius 1 is 0.803 bits per heavy atom. The lowest BCUT2D eigenvalue weighted by Gasteiger charge is -2.65. The van der Waals surface area contributed by atoms with E-state index >= 15 is 0 Å². The van der Waals surface area contributed by atoms with Gasteiger partial charge in [0, 0.05) is 71.7 Å². The van der Waals surface area contributed by atoms with E-state index in [1.807, 2.05) is 23.1 Å². The number of nitrogens with zero attached hydrogens (tertiary/aromatic N) is 5. The van der Waals surface area contributed by atoms with Crippen molar-refractivity contribution in [1.29, 1.82) is 0 Å². The summed E-state index contributed by atoms with van der Waals surface area (Å²) < 4.78 is 6.49. The zero-order valence-corrected chi connectivity index (χ0v) is 35.7. The Morgan fingerprint density at radius 2 is 1.52 bits per heavy atom. The van der Waals surface area contributed by atoms with Gasteiger partial charge in [-0.3, -0.25) is 34.2 Å². The molecule has 12 nitrogen and oxygen atoms in total. The number of halogens is 1. The van der Waals surface area contributed by atoms with E-state index in [4.69, 9.17) is 22.9 Å². The summed E-state index contributed by atoms with van der Waals surface area (Å²) in [7, 11) is 0. The fourth-order valence-corrected chi connectivity index (χ4v) is 11.6. The minimum atomic E-state index is -0.976. The molecule has 0 spiro atoms. The van der Waals surface area contributed by atoms with Crippen molar-refractivity contribution >= 4 is 52.5 Å². The van der Waals surface area contributed by atoms with Crippen LogP contribution in [0, 0.1) is 35.2 Å². The van der Waals surface area contributed by atoms with Gasteiger partial charge in [-0.2, -0.15) is 0 Å². The molecule has 1 aliphatic carbocycles. The van der Waals surface area contributed by atoms with Crippen LogP contribution in [0.1, 0.15) is 108 Å². The molecular formula is C48H49ClN6O6. The molecule has 0 bridgehead atoms. The number of ether oxygens (including phenoxy) is 1. The third kappa shape index (κ3) is 7.04. The maximum absolute atomic E-state index is 14.0. The second-order valence-corrected chi connectivity index (χ2v) is 19.0. The molecule has 9 rings (SSSR count). The summed E-state index contributed by atoms with van der Waals surface area (Å²) in [5, 5.41) is 2.61. The van der Waals surface area contributed by atoms with Gasteiger partial charge in [0.2, 0.25) is 17.5 Å². The van der Waals surface area contributed by atoms with Gasteiger partial charge in [-0.15, -0.1) is 0 Å². The number of likely N-dealkylation sites (tertiary alicyclic amines) is 1. The molecule has 314 valence electrons. The minimum Gasteiger partial charge on any atom is -0.489 e. The molecule has 1 N–H and O–H groups in total. The Labute approximate surface area is 361 Å². The molecule has 0 aromatic heterocycles. The smallest absolute Gasteiger partial charge is 0.262 e. The van der Waals surface area contributed by atoms with Crippen LogP contribution in [-0.4, -0.2) is 94.6 Å². The number of hydrogen-bond acceptors (Lipinski definition) is 8. The van der Waals surface area contributed by atoms with E-state index < -0.39 is 29.7 Å². The van der Waals surface area contributed by atoms with Crippen LogP contribution in [0.3, 0.4) is 0 Å². The van der Waals surface area contributed by atoms with Gasteiger partial charge in [0.25, 0.3) is 17.7 Å². The van der Waals surface area contributed by atoms with Gasteiger partial charge in [-0.25, -0.2) is 4.85 Å². The first-order chi connectivity index (χ1) is 29.1. The normalized spacial score (nSPS) is 25.0. The SMILES string of the molecule is [C-]#[N+]c1ccc(OC2C(C)(C)C(N3Cc4ccc(C#CC5CCN(C6CCN(c7ccc8c(c7)C(=O)N(C7CCC(=O)NC7=O)C8=O)CC6)CC5)cc4C3=O)C2(C)C)cc1Cl. The second kappa shape index (κ2) is 15.3. The first-order valence-electron chi connectivity index (χ1n) is 21.3.